The first-order chi connectivity index (χ1) is 8.61. The van der Waals surface area contributed by atoms with Gasteiger partial charge >= 0.3 is 0 Å². The first kappa shape index (κ1) is 12.6. The maximum atomic E-state index is 12.2. The third kappa shape index (κ3) is 2.53. The second-order valence-electron chi connectivity index (χ2n) is 4.71. The van der Waals surface area contributed by atoms with E-state index in [1.807, 2.05) is 13.0 Å². The number of carbonyl (C=O) groups is 2. The third-order valence-corrected chi connectivity index (χ3v) is 3.15. The average Bonchev–Trinajstić information content (AvgIpc) is 2.67. The summed E-state index contributed by atoms with van der Waals surface area (Å²) in [6, 6.07) is 7.09. The highest BCUT2D eigenvalue weighted by atomic mass is 16.5. The van der Waals surface area contributed by atoms with Crippen molar-refractivity contribution in [2.75, 3.05) is 20.2 Å². The van der Waals surface area contributed by atoms with Crippen molar-refractivity contribution in [3.8, 4) is 5.75 Å². The Labute approximate surface area is 107 Å². The molecular formula is C14H17NO3. The van der Waals surface area contributed by atoms with Crippen LogP contribution in [0, 0.1) is 5.92 Å². The predicted molar refractivity (Wildman–Crippen MR) is 67.7 cm³/mol. The van der Waals surface area contributed by atoms with Gasteiger partial charge in [-0.3, -0.25) is 9.59 Å². The van der Waals surface area contributed by atoms with Gasteiger partial charge in [-0.05, 0) is 18.1 Å². The first-order valence-corrected chi connectivity index (χ1v) is 6.05. The smallest absolute Gasteiger partial charge is 0.223 e. The summed E-state index contributed by atoms with van der Waals surface area (Å²) >= 11 is 0. The van der Waals surface area contributed by atoms with Crippen molar-refractivity contribution < 1.29 is 14.3 Å². The fourth-order valence-electron chi connectivity index (χ4n) is 2.26. The Kier molecular flexibility index (Phi) is 3.65. The number of rotatable bonds is 4. The number of likely N-dealkylation sites (tertiary alicyclic amines) is 1. The van der Waals surface area contributed by atoms with Crippen molar-refractivity contribution in [2.24, 2.45) is 5.92 Å². The van der Waals surface area contributed by atoms with Gasteiger partial charge in [0.25, 0.3) is 0 Å². The molecule has 1 fully saturated rings. The van der Waals surface area contributed by atoms with Crippen molar-refractivity contribution in [1.82, 2.24) is 4.90 Å². The first-order valence-electron chi connectivity index (χ1n) is 6.05. The van der Waals surface area contributed by atoms with E-state index in [1.54, 1.807) is 23.1 Å². The largest absolute Gasteiger partial charge is 0.496 e. The molecule has 1 heterocycles. The lowest BCUT2D eigenvalue weighted by Gasteiger charge is -2.16. The molecule has 0 bridgehead atoms. The van der Waals surface area contributed by atoms with Crippen LogP contribution in [0.2, 0.25) is 0 Å². The summed E-state index contributed by atoms with van der Waals surface area (Å²) < 4.78 is 5.15. The molecule has 1 aromatic rings. The second kappa shape index (κ2) is 5.21. The normalized spacial score (nSPS) is 19.1. The quantitative estimate of drug-likeness (QED) is 0.761. The van der Waals surface area contributed by atoms with Gasteiger partial charge in [0.1, 0.15) is 5.75 Å². The molecule has 4 heteroatoms. The lowest BCUT2D eigenvalue weighted by Crippen LogP contribution is -2.31. The maximum Gasteiger partial charge on any atom is 0.223 e. The summed E-state index contributed by atoms with van der Waals surface area (Å²) in [5.41, 5.74) is 0.535. The molecule has 1 unspecified atom stereocenters. The minimum Gasteiger partial charge on any atom is -0.496 e. The van der Waals surface area contributed by atoms with Gasteiger partial charge in [0.05, 0.1) is 19.2 Å². The molecule has 1 saturated heterocycles. The van der Waals surface area contributed by atoms with E-state index < -0.39 is 0 Å². The molecule has 4 nitrogen and oxygen atoms in total. The Morgan fingerprint density at radius 3 is 2.78 bits per heavy atom. The minimum absolute atomic E-state index is 0.0609. The lowest BCUT2D eigenvalue weighted by molar-refractivity contribution is -0.127. The zero-order valence-corrected chi connectivity index (χ0v) is 10.7. The van der Waals surface area contributed by atoms with E-state index in [0.29, 0.717) is 30.2 Å². The number of para-hydroxylation sites is 1. The highest BCUT2D eigenvalue weighted by Gasteiger charge is 2.28. The van der Waals surface area contributed by atoms with Gasteiger partial charge < -0.3 is 9.64 Å². The van der Waals surface area contributed by atoms with Gasteiger partial charge in [-0.15, -0.1) is 0 Å². The molecule has 18 heavy (non-hydrogen) atoms. The van der Waals surface area contributed by atoms with E-state index in [-0.39, 0.29) is 18.2 Å². The molecule has 0 radical (unpaired) electrons. The van der Waals surface area contributed by atoms with Crippen LogP contribution < -0.4 is 4.74 Å². The summed E-state index contributed by atoms with van der Waals surface area (Å²) in [6.45, 7) is 2.83. The molecule has 1 aliphatic rings. The van der Waals surface area contributed by atoms with Crippen molar-refractivity contribution in [3.05, 3.63) is 29.8 Å². The number of carbonyl (C=O) groups excluding carboxylic acids is 2. The van der Waals surface area contributed by atoms with E-state index in [4.69, 9.17) is 4.74 Å². The molecule has 1 aliphatic heterocycles. The van der Waals surface area contributed by atoms with Crippen LogP contribution in [-0.2, 0) is 4.79 Å². The molecule has 1 amide bonds. The van der Waals surface area contributed by atoms with Crippen LogP contribution in [0.1, 0.15) is 23.7 Å². The van der Waals surface area contributed by atoms with Crippen LogP contribution in [0.15, 0.2) is 24.3 Å². The standard InChI is InChI=1S/C14H17NO3/c1-10-7-14(17)15(8-10)9-12(16)11-5-3-4-6-13(11)18-2/h3-6,10H,7-9H2,1-2H3. The van der Waals surface area contributed by atoms with Crippen LogP contribution in [0.3, 0.4) is 0 Å². The number of nitrogens with zero attached hydrogens (tertiary/aromatic N) is 1. The average molecular weight is 247 g/mol. The molecular weight excluding hydrogens is 230 g/mol. The summed E-state index contributed by atoms with van der Waals surface area (Å²) in [4.78, 5) is 25.4. The molecule has 96 valence electrons. The van der Waals surface area contributed by atoms with Gasteiger partial charge in [-0.2, -0.15) is 0 Å². The van der Waals surface area contributed by atoms with E-state index in [1.165, 1.54) is 7.11 Å². The van der Waals surface area contributed by atoms with Crippen LogP contribution in [0.4, 0.5) is 0 Å². The Morgan fingerprint density at radius 2 is 2.17 bits per heavy atom. The van der Waals surface area contributed by atoms with E-state index in [9.17, 15) is 9.59 Å². The molecule has 0 N–H and O–H groups in total. The summed E-state index contributed by atoms with van der Waals surface area (Å²) in [7, 11) is 1.54. The summed E-state index contributed by atoms with van der Waals surface area (Å²) in [5.74, 6) is 0.880. The van der Waals surface area contributed by atoms with E-state index in [0.717, 1.165) is 0 Å². The highest BCUT2D eigenvalue weighted by molar-refractivity contribution is 6.01. The van der Waals surface area contributed by atoms with E-state index in [2.05, 4.69) is 0 Å². The summed E-state index contributed by atoms with van der Waals surface area (Å²) in [6.07, 6.45) is 0.541. The minimum atomic E-state index is -0.0742. The van der Waals surface area contributed by atoms with Gasteiger partial charge in [0, 0.05) is 13.0 Å². The number of hydrogen-bond acceptors (Lipinski definition) is 3. The van der Waals surface area contributed by atoms with Crippen LogP contribution in [0.5, 0.6) is 5.75 Å². The summed E-state index contributed by atoms with van der Waals surface area (Å²) in [5, 5.41) is 0. The SMILES string of the molecule is COc1ccccc1C(=O)CN1CC(C)CC1=O. The van der Waals surface area contributed by atoms with Crippen LogP contribution >= 0.6 is 0 Å². The van der Waals surface area contributed by atoms with Crippen molar-refractivity contribution >= 4 is 11.7 Å². The highest BCUT2D eigenvalue weighted by Crippen LogP contribution is 2.21. The number of Topliss-reactive ketones (excluding diaryl/α,β-unsaturated/α-hetero) is 1. The molecule has 1 aromatic carbocycles. The fraction of sp³-hybridized carbons (Fsp3) is 0.429. The van der Waals surface area contributed by atoms with Gasteiger partial charge in [0.15, 0.2) is 5.78 Å². The topological polar surface area (TPSA) is 46.6 Å². The van der Waals surface area contributed by atoms with Gasteiger partial charge in [-0.25, -0.2) is 0 Å². The molecule has 2 rings (SSSR count). The fourth-order valence-corrected chi connectivity index (χ4v) is 2.26. The number of methoxy groups -OCH3 is 1. The zero-order chi connectivity index (χ0) is 13.1. The van der Waals surface area contributed by atoms with Gasteiger partial charge in [-0.1, -0.05) is 19.1 Å². The molecule has 0 aromatic heterocycles. The lowest BCUT2D eigenvalue weighted by atomic mass is 10.1. The molecule has 1 atom stereocenters. The number of ether oxygens (including phenoxy) is 1. The molecule has 0 aliphatic carbocycles. The van der Waals surface area contributed by atoms with Crippen LogP contribution in [-0.4, -0.2) is 36.8 Å². The predicted octanol–water partition coefficient (Wildman–Crippen LogP) is 1.75. The Balaban J connectivity index is 2.10. The Hall–Kier alpha value is -1.84. The third-order valence-electron chi connectivity index (χ3n) is 3.15. The van der Waals surface area contributed by atoms with Crippen molar-refractivity contribution in [2.45, 2.75) is 13.3 Å². The number of ketones is 1. The number of hydrogen-bond donors (Lipinski definition) is 0. The van der Waals surface area contributed by atoms with Crippen molar-refractivity contribution in [1.29, 1.82) is 0 Å². The number of benzene rings is 1. The van der Waals surface area contributed by atoms with Crippen LogP contribution in [0.25, 0.3) is 0 Å². The monoisotopic (exact) mass is 247 g/mol. The van der Waals surface area contributed by atoms with Crippen molar-refractivity contribution in [3.63, 3.8) is 0 Å². The molecule has 0 spiro atoms. The number of amides is 1. The Morgan fingerprint density at radius 1 is 1.44 bits per heavy atom. The van der Waals surface area contributed by atoms with E-state index >= 15 is 0 Å². The van der Waals surface area contributed by atoms with Gasteiger partial charge in [0.2, 0.25) is 5.91 Å². The maximum absolute atomic E-state index is 12.2. The Bertz CT molecular complexity index is 470. The zero-order valence-electron chi connectivity index (χ0n) is 10.7. The molecule has 0 saturated carbocycles. The second-order valence-corrected chi connectivity index (χ2v) is 4.71.